The molecule has 0 spiro atoms. The zero-order chi connectivity index (χ0) is 16.8. The van der Waals surface area contributed by atoms with E-state index in [4.69, 9.17) is 4.98 Å². The van der Waals surface area contributed by atoms with Crippen molar-refractivity contribution in [2.24, 2.45) is 0 Å². The van der Waals surface area contributed by atoms with Crippen LogP contribution in [0.3, 0.4) is 0 Å². The highest BCUT2D eigenvalue weighted by molar-refractivity contribution is 5.71. The summed E-state index contributed by atoms with van der Waals surface area (Å²) in [5, 5.41) is 0. The SMILES string of the molecule is Fc1cccc(-c2nccn2Cc2nc3cccnc3n2C2CC2)n1. The van der Waals surface area contributed by atoms with E-state index in [9.17, 15) is 4.39 Å². The molecular weight excluding hydrogens is 319 g/mol. The molecule has 0 N–H and O–H groups in total. The zero-order valence-electron chi connectivity index (χ0n) is 13.4. The summed E-state index contributed by atoms with van der Waals surface area (Å²) in [6.07, 6.45) is 7.66. The molecule has 7 heteroatoms. The molecule has 0 amide bonds. The summed E-state index contributed by atoms with van der Waals surface area (Å²) in [5.41, 5.74) is 2.33. The first kappa shape index (κ1) is 14.3. The van der Waals surface area contributed by atoms with Gasteiger partial charge < -0.3 is 9.13 Å². The van der Waals surface area contributed by atoms with Crippen molar-refractivity contribution in [3.05, 3.63) is 60.7 Å². The lowest BCUT2D eigenvalue weighted by Gasteiger charge is -2.10. The Hall–Kier alpha value is -3.09. The molecule has 1 fully saturated rings. The van der Waals surface area contributed by atoms with Crippen LogP contribution in [0.25, 0.3) is 22.7 Å². The van der Waals surface area contributed by atoms with Crippen LogP contribution in [0, 0.1) is 5.95 Å². The van der Waals surface area contributed by atoms with Gasteiger partial charge in [-0.25, -0.2) is 19.9 Å². The van der Waals surface area contributed by atoms with E-state index in [1.54, 1.807) is 24.5 Å². The van der Waals surface area contributed by atoms with Gasteiger partial charge in [-0.1, -0.05) is 6.07 Å². The number of nitrogens with zero attached hydrogens (tertiary/aromatic N) is 6. The third-order valence-electron chi connectivity index (χ3n) is 4.41. The van der Waals surface area contributed by atoms with Crippen LogP contribution in [0.4, 0.5) is 4.39 Å². The molecule has 1 aliphatic rings. The van der Waals surface area contributed by atoms with Crippen LogP contribution in [-0.4, -0.2) is 29.1 Å². The Balaban J connectivity index is 1.58. The maximum absolute atomic E-state index is 13.5. The monoisotopic (exact) mass is 334 g/mol. The highest BCUT2D eigenvalue weighted by Crippen LogP contribution is 2.38. The minimum Gasteiger partial charge on any atom is -0.322 e. The van der Waals surface area contributed by atoms with Crippen LogP contribution in [0.1, 0.15) is 24.7 Å². The first-order chi connectivity index (χ1) is 12.3. The van der Waals surface area contributed by atoms with Crippen LogP contribution in [-0.2, 0) is 6.54 Å². The molecule has 6 nitrogen and oxygen atoms in total. The van der Waals surface area contributed by atoms with Gasteiger partial charge >= 0.3 is 0 Å². The summed E-state index contributed by atoms with van der Waals surface area (Å²) >= 11 is 0. The normalized spacial score (nSPS) is 14.3. The number of fused-ring (bicyclic) bond motifs is 1. The molecule has 1 aliphatic carbocycles. The summed E-state index contributed by atoms with van der Waals surface area (Å²) in [7, 11) is 0. The zero-order valence-corrected chi connectivity index (χ0v) is 13.4. The van der Waals surface area contributed by atoms with E-state index in [2.05, 4.69) is 19.5 Å². The van der Waals surface area contributed by atoms with Gasteiger partial charge in [-0.3, -0.25) is 0 Å². The number of hydrogen-bond donors (Lipinski definition) is 0. The highest BCUT2D eigenvalue weighted by atomic mass is 19.1. The van der Waals surface area contributed by atoms with Gasteiger partial charge in [0, 0.05) is 24.6 Å². The van der Waals surface area contributed by atoms with E-state index in [0.29, 0.717) is 24.1 Å². The average molecular weight is 334 g/mol. The molecule has 0 aliphatic heterocycles. The van der Waals surface area contributed by atoms with E-state index in [-0.39, 0.29) is 0 Å². The minimum atomic E-state index is -0.513. The fourth-order valence-corrected chi connectivity index (χ4v) is 3.16. The van der Waals surface area contributed by atoms with E-state index in [1.807, 2.05) is 22.9 Å². The van der Waals surface area contributed by atoms with Gasteiger partial charge in [0.2, 0.25) is 5.95 Å². The van der Waals surface area contributed by atoms with Crippen molar-refractivity contribution in [3.63, 3.8) is 0 Å². The van der Waals surface area contributed by atoms with Crippen molar-refractivity contribution in [2.75, 3.05) is 0 Å². The third-order valence-corrected chi connectivity index (χ3v) is 4.41. The highest BCUT2D eigenvalue weighted by Gasteiger charge is 2.29. The van der Waals surface area contributed by atoms with Crippen LogP contribution in [0.15, 0.2) is 48.9 Å². The number of halogens is 1. The maximum Gasteiger partial charge on any atom is 0.213 e. The second kappa shape index (κ2) is 5.47. The largest absolute Gasteiger partial charge is 0.322 e. The van der Waals surface area contributed by atoms with Gasteiger partial charge in [0.1, 0.15) is 17.0 Å². The first-order valence-electron chi connectivity index (χ1n) is 8.25. The summed E-state index contributed by atoms with van der Waals surface area (Å²) < 4.78 is 17.6. The van der Waals surface area contributed by atoms with Gasteiger partial charge in [0.05, 0.1) is 6.54 Å². The first-order valence-corrected chi connectivity index (χ1v) is 8.25. The van der Waals surface area contributed by atoms with E-state index in [0.717, 1.165) is 29.8 Å². The van der Waals surface area contributed by atoms with Crippen LogP contribution >= 0.6 is 0 Å². The second-order valence-corrected chi connectivity index (χ2v) is 6.20. The lowest BCUT2D eigenvalue weighted by molar-refractivity contribution is 0.583. The maximum atomic E-state index is 13.5. The molecule has 4 heterocycles. The molecule has 0 unspecified atom stereocenters. The van der Waals surface area contributed by atoms with Crippen LogP contribution in [0.2, 0.25) is 0 Å². The quantitative estimate of drug-likeness (QED) is 0.538. The molecule has 0 saturated heterocycles. The van der Waals surface area contributed by atoms with Crippen molar-refractivity contribution in [1.29, 1.82) is 0 Å². The number of pyridine rings is 2. The van der Waals surface area contributed by atoms with E-state index >= 15 is 0 Å². The summed E-state index contributed by atoms with van der Waals surface area (Å²) in [6.45, 7) is 0.542. The summed E-state index contributed by atoms with van der Waals surface area (Å²) in [4.78, 5) is 17.5. The number of imidazole rings is 2. The number of rotatable bonds is 4. The molecule has 25 heavy (non-hydrogen) atoms. The van der Waals surface area contributed by atoms with Crippen LogP contribution in [0.5, 0.6) is 0 Å². The lowest BCUT2D eigenvalue weighted by Crippen LogP contribution is -2.09. The summed E-state index contributed by atoms with van der Waals surface area (Å²) in [5.74, 6) is 1.05. The molecule has 0 aromatic carbocycles. The van der Waals surface area contributed by atoms with Gasteiger partial charge in [-0.05, 0) is 37.1 Å². The number of aromatic nitrogens is 6. The van der Waals surface area contributed by atoms with Gasteiger partial charge in [0.15, 0.2) is 11.5 Å². The Kier molecular flexibility index (Phi) is 3.12. The van der Waals surface area contributed by atoms with Crippen molar-refractivity contribution < 1.29 is 4.39 Å². The molecular formula is C18H15FN6. The fourth-order valence-electron chi connectivity index (χ4n) is 3.16. The topological polar surface area (TPSA) is 61.4 Å². The van der Waals surface area contributed by atoms with Gasteiger partial charge in [-0.15, -0.1) is 0 Å². The van der Waals surface area contributed by atoms with Crippen molar-refractivity contribution in [3.8, 4) is 11.5 Å². The molecule has 4 aromatic heterocycles. The third kappa shape index (κ3) is 2.48. The molecule has 0 atom stereocenters. The lowest BCUT2D eigenvalue weighted by atomic mass is 10.3. The predicted molar refractivity (Wildman–Crippen MR) is 90.3 cm³/mol. The van der Waals surface area contributed by atoms with Gasteiger partial charge in [0.25, 0.3) is 0 Å². The standard InChI is InChI=1S/C18H15FN6/c19-15-5-1-3-13(22-15)17-21-9-10-24(17)11-16-23-14-4-2-8-20-18(14)25(16)12-6-7-12/h1-5,8-10,12H,6-7,11H2. The predicted octanol–water partition coefficient (Wildman–Crippen LogP) is 3.21. The minimum absolute atomic E-state index is 0.467. The molecule has 5 rings (SSSR count). The Labute approximate surface area is 143 Å². The molecule has 1 saturated carbocycles. The molecule has 0 radical (unpaired) electrons. The summed E-state index contributed by atoms with van der Waals surface area (Å²) in [6, 6.07) is 9.07. The Morgan fingerprint density at radius 1 is 1.04 bits per heavy atom. The Morgan fingerprint density at radius 2 is 1.96 bits per heavy atom. The fraction of sp³-hybridized carbons (Fsp3) is 0.222. The van der Waals surface area contributed by atoms with E-state index < -0.39 is 5.95 Å². The molecule has 0 bridgehead atoms. The van der Waals surface area contributed by atoms with Crippen molar-refractivity contribution in [1.82, 2.24) is 29.1 Å². The van der Waals surface area contributed by atoms with Crippen LogP contribution < -0.4 is 0 Å². The number of hydrogen-bond acceptors (Lipinski definition) is 4. The van der Waals surface area contributed by atoms with Crippen molar-refractivity contribution in [2.45, 2.75) is 25.4 Å². The van der Waals surface area contributed by atoms with Crippen molar-refractivity contribution >= 4 is 11.2 Å². The molecule has 4 aromatic rings. The Bertz CT molecular complexity index is 1060. The van der Waals surface area contributed by atoms with Gasteiger partial charge in [-0.2, -0.15) is 4.39 Å². The average Bonchev–Trinajstić information content (AvgIpc) is 3.23. The van der Waals surface area contributed by atoms with E-state index in [1.165, 1.54) is 6.07 Å². The molecule has 124 valence electrons. The smallest absolute Gasteiger partial charge is 0.213 e. The Morgan fingerprint density at radius 3 is 2.80 bits per heavy atom. The second-order valence-electron chi connectivity index (χ2n) is 6.20.